The smallest absolute Gasteiger partial charge is 0.183 e. The molecule has 1 saturated carbocycles. The summed E-state index contributed by atoms with van der Waals surface area (Å²) < 4.78 is 37.8. The van der Waals surface area contributed by atoms with Crippen LogP contribution in [0, 0.1) is 5.82 Å². The average Bonchev–Trinajstić information content (AvgIpc) is 2.33. The first-order valence-corrected chi connectivity index (χ1v) is 7.35. The number of nitrogen functional groups attached to an aromatic ring is 1. The van der Waals surface area contributed by atoms with Crippen LogP contribution in [0.5, 0.6) is 0 Å². The molecule has 17 heavy (non-hydrogen) atoms. The summed E-state index contributed by atoms with van der Waals surface area (Å²) in [5, 5.41) is -0.402. The van der Waals surface area contributed by atoms with Crippen molar-refractivity contribution in [3.63, 3.8) is 0 Å². The largest absolute Gasteiger partial charge is 0.398 e. The van der Waals surface area contributed by atoms with Crippen molar-refractivity contribution < 1.29 is 12.8 Å². The van der Waals surface area contributed by atoms with E-state index >= 15 is 0 Å². The van der Waals surface area contributed by atoms with Crippen LogP contribution in [0.3, 0.4) is 0 Å². The summed E-state index contributed by atoms with van der Waals surface area (Å²) in [6.07, 6.45) is 4.21. The Morgan fingerprint density at radius 2 is 1.82 bits per heavy atom. The molecule has 0 unspecified atom stereocenters. The average molecular weight is 257 g/mol. The Morgan fingerprint density at radius 1 is 1.18 bits per heavy atom. The number of hydrogen-bond donors (Lipinski definition) is 1. The molecule has 0 bridgehead atoms. The van der Waals surface area contributed by atoms with E-state index in [0.29, 0.717) is 12.8 Å². The van der Waals surface area contributed by atoms with E-state index in [0.717, 1.165) is 25.3 Å². The third kappa shape index (κ3) is 2.44. The lowest BCUT2D eigenvalue weighted by Crippen LogP contribution is -2.25. The lowest BCUT2D eigenvalue weighted by atomic mass is 10.0. The van der Waals surface area contributed by atoms with Gasteiger partial charge in [0.1, 0.15) is 5.82 Å². The molecule has 1 aromatic rings. The van der Waals surface area contributed by atoms with Crippen LogP contribution in [0.1, 0.15) is 32.1 Å². The molecule has 0 heterocycles. The quantitative estimate of drug-likeness (QED) is 0.828. The van der Waals surface area contributed by atoms with Gasteiger partial charge < -0.3 is 5.73 Å². The first-order valence-electron chi connectivity index (χ1n) is 5.81. The summed E-state index contributed by atoms with van der Waals surface area (Å²) in [5.41, 5.74) is 5.77. The van der Waals surface area contributed by atoms with Crippen molar-refractivity contribution in [2.75, 3.05) is 5.73 Å². The Labute approximate surface area is 101 Å². The predicted octanol–water partition coefficient (Wildman–Crippen LogP) is 2.51. The highest BCUT2D eigenvalue weighted by atomic mass is 32.2. The molecule has 0 aromatic heterocycles. The molecule has 0 atom stereocenters. The molecule has 1 aliphatic carbocycles. The fourth-order valence-electron chi connectivity index (χ4n) is 2.31. The van der Waals surface area contributed by atoms with Gasteiger partial charge in [-0.3, -0.25) is 0 Å². The molecule has 3 nitrogen and oxygen atoms in total. The van der Waals surface area contributed by atoms with Crippen molar-refractivity contribution in [2.45, 2.75) is 42.2 Å². The summed E-state index contributed by atoms with van der Waals surface area (Å²) in [4.78, 5) is -0.0515. The van der Waals surface area contributed by atoms with E-state index in [1.165, 1.54) is 12.1 Å². The lowest BCUT2D eigenvalue weighted by molar-refractivity contribution is 0.483. The highest BCUT2D eigenvalue weighted by Gasteiger charge is 2.30. The van der Waals surface area contributed by atoms with Crippen LogP contribution >= 0.6 is 0 Å². The molecule has 5 heteroatoms. The van der Waals surface area contributed by atoms with Crippen molar-refractivity contribution in [1.29, 1.82) is 0 Å². The number of anilines is 1. The second-order valence-electron chi connectivity index (χ2n) is 4.49. The van der Waals surface area contributed by atoms with Crippen molar-refractivity contribution >= 4 is 15.5 Å². The topological polar surface area (TPSA) is 60.2 Å². The highest BCUT2D eigenvalue weighted by Crippen LogP contribution is 2.31. The molecule has 0 radical (unpaired) electrons. The van der Waals surface area contributed by atoms with Gasteiger partial charge in [0.2, 0.25) is 0 Å². The van der Waals surface area contributed by atoms with E-state index in [-0.39, 0.29) is 10.6 Å². The standard InChI is InChI=1S/C12H16FNO2S/c13-9-6-7-11(14)12(8-9)17(15,16)10-4-2-1-3-5-10/h6-8,10H,1-5,14H2. The zero-order valence-electron chi connectivity index (χ0n) is 9.52. The second-order valence-corrected chi connectivity index (χ2v) is 6.68. The Morgan fingerprint density at radius 3 is 2.47 bits per heavy atom. The molecule has 0 aliphatic heterocycles. The van der Waals surface area contributed by atoms with Gasteiger partial charge in [-0.2, -0.15) is 0 Å². The summed E-state index contributed by atoms with van der Waals surface area (Å²) in [5.74, 6) is -0.561. The normalized spacial score (nSPS) is 18.2. The number of nitrogens with two attached hydrogens (primary N) is 1. The fraction of sp³-hybridized carbons (Fsp3) is 0.500. The monoisotopic (exact) mass is 257 g/mol. The van der Waals surface area contributed by atoms with Gasteiger partial charge in [-0.25, -0.2) is 12.8 Å². The van der Waals surface area contributed by atoms with Crippen LogP contribution in [0.25, 0.3) is 0 Å². The number of sulfone groups is 1. The van der Waals surface area contributed by atoms with Crippen molar-refractivity contribution in [2.24, 2.45) is 0 Å². The molecule has 0 amide bonds. The van der Waals surface area contributed by atoms with Crippen LogP contribution in [0.4, 0.5) is 10.1 Å². The van der Waals surface area contributed by atoms with Crippen LogP contribution < -0.4 is 5.73 Å². The molecule has 0 spiro atoms. The highest BCUT2D eigenvalue weighted by molar-refractivity contribution is 7.92. The summed E-state index contributed by atoms with van der Waals surface area (Å²) in [6, 6.07) is 3.51. The van der Waals surface area contributed by atoms with E-state index in [4.69, 9.17) is 5.73 Å². The molecular weight excluding hydrogens is 241 g/mol. The van der Waals surface area contributed by atoms with Crippen molar-refractivity contribution in [1.82, 2.24) is 0 Å². The minimum Gasteiger partial charge on any atom is -0.398 e. The second kappa shape index (κ2) is 4.64. The maximum absolute atomic E-state index is 13.1. The maximum atomic E-state index is 13.1. The molecule has 1 aliphatic rings. The molecule has 2 N–H and O–H groups in total. The van der Waals surface area contributed by atoms with Crippen LogP contribution in [0.15, 0.2) is 23.1 Å². The molecule has 0 saturated heterocycles. The van der Waals surface area contributed by atoms with E-state index in [2.05, 4.69) is 0 Å². The number of halogens is 1. The minimum atomic E-state index is -3.48. The third-order valence-electron chi connectivity index (χ3n) is 3.27. The van der Waals surface area contributed by atoms with Crippen LogP contribution in [-0.2, 0) is 9.84 Å². The number of hydrogen-bond acceptors (Lipinski definition) is 3. The number of rotatable bonds is 2. The Hall–Kier alpha value is -1.10. The first kappa shape index (κ1) is 12.4. The summed E-state index contributed by atoms with van der Waals surface area (Å²) in [7, 11) is -3.48. The van der Waals surface area contributed by atoms with E-state index in [9.17, 15) is 12.8 Å². The Bertz CT molecular complexity index is 507. The van der Waals surface area contributed by atoms with Crippen LogP contribution in [-0.4, -0.2) is 13.7 Å². The predicted molar refractivity (Wildman–Crippen MR) is 64.9 cm³/mol. The van der Waals surface area contributed by atoms with Gasteiger partial charge in [-0.1, -0.05) is 19.3 Å². The molecule has 2 rings (SSSR count). The van der Waals surface area contributed by atoms with Gasteiger partial charge in [-0.15, -0.1) is 0 Å². The molecular formula is C12H16FNO2S. The lowest BCUT2D eigenvalue weighted by Gasteiger charge is -2.22. The molecule has 1 aromatic carbocycles. The third-order valence-corrected chi connectivity index (χ3v) is 5.59. The first-order chi connectivity index (χ1) is 8.01. The summed E-state index contributed by atoms with van der Waals surface area (Å²) in [6.45, 7) is 0. The van der Waals surface area contributed by atoms with Gasteiger partial charge in [0.15, 0.2) is 9.84 Å². The van der Waals surface area contributed by atoms with Crippen molar-refractivity contribution in [3.05, 3.63) is 24.0 Å². The van der Waals surface area contributed by atoms with Crippen molar-refractivity contribution in [3.8, 4) is 0 Å². The van der Waals surface area contributed by atoms with Gasteiger partial charge in [0, 0.05) is 0 Å². The SMILES string of the molecule is Nc1ccc(F)cc1S(=O)(=O)C1CCCCC1. The minimum absolute atomic E-state index is 0.0515. The Kier molecular flexibility index (Phi) is 3.38. The van der Waals surface area contributed by atoms with Crippen LogP contribution in [0.2, 0.25) is 0 Å². The van der Waals surface area contributed by atoms with E-state index < -0.39 is 20.9 Å². The zero-order chi connectivity index (χ0) is 12.5. The summed E-state index contributed by atoms with van der Waals surface area (Å²) >= 11 is 0. The Balaban J connectivity index is 2.40. The molecule has 1 fully saturated rings. The molecule has 94 valence electrons. The van der Waals surface area contributed by atoms with E-state index in [1.807, 2.05) is 0 Å². The number of benzene rings is 1. The zero-order valence-corrected chi connectivity index (χ0v) is 10.3. The maximum Gasteiger partial charge on any atom is 0.183 e. The fourth-order valence-corrected chi connectivity index (χ4v) is 4.30. The van der Waals surface area contributed by atoms with Gasteiger partial charge in [0.25, 0.3) is 0 Å². The van der Waals surface area contributed by atoms with E-state index in [1.54, 1.807) is 0 Å². The van der Waals surface area contributed by atoms with Gasteiger partial charge >= 0.3 is 0 Å². The van der Waals surface area contributed by atoms with Gasteiger partial charge in [-0.05, 0) is 31.0 Å². The van der Waals surface area contributed by atoms with Gasteiger partial charge in [0.05, 0.1) is 15.8 Å².